The van der Waals surface area contributed by atoms with Gasteiger partial charge in [-0.3, -0.25) is 0 Å². The normalized spacial score (nSPS) is 41.1. The van der Waals surface area contributed by atoms with Gasteiger partial charge in [0, 0.05) is 6.54 Å². The first kappa shape index (κ1) is 13.8. The molecule has 1 heterocycles. The predicted molar refractivity (Wildman–Crippen MR) is 58.5 cm³/mol. The van der Waals surface area contributed by atoms with E-state index in [0.29, 0.717) is 0 Å². The number of hydrogen-bond acceptors (Lipinski definition) is 6. The second-order valence-corrected chi connectivity index (χ2v) is 5.07. The molecule has 1 rings (SSSR count). The van der Waals surface area contributed by atoms with Crippen LogP contribution >= 0.6 is 0 Å². The summed E-state index contributed by atoms with van der Waals surface area (Å²) in [6, 6.07) is -0.781. The molecule has 1 fully saturated rings. The van der Waals surface area contributed by atoms with Gasteiger partial charge in [-0.2, -0.15) is 0 Å². The van der Waals surface area contributed by atoms with Crippen LogP contribution in [0.5, 0.6) is 0 Å². The molecule has 5 atom stereocenters. The third kappa shape index (κ3) is 3.13. The molecule has 96 valence electrons. The standard InChI is InChI=1S/C10H22N2O4/c1-10(2,3)16-9-6(12)8(14)7(13)5(4-11)15-9/h5-9,13-14H,4,11-12H2,1-3H3. The molecule has 0 radical (unpaired) electrons. The molecule has 1 aliphatic rings. The van der Waals surface area contributed by atoms with E-state index < -0.39 is 36.2 Å². The maximum Gasteiger partial charge on any atom is 0.176 e. The fraction of sp³-hybridized carbons (Fsp3) is 1.00. The Hall–Kier alpha value is -0.240. The highest BCUT2D eigenvalue weighted by Crippen LogP contribution is 2.23. The summed E-state index contributed by atoms with van der Waals surface area (Å²) in [6.07, 6.45) is -3.57. The van der Waals surface area contributed by atoms with Crippen molar-refractivity contribution in [3.8, 4) is 0 Å². The van der Waals surface area contributed by atoms with E-state index in [1.54, 1.807) is 0 Å². The Morgan fingerprint density at radius 1 is 1.25 bits per heavy atom. The molecule has 0 spiro atoms. The summed E-state index contributed by atoms with van der Waals surface area (Å²) in [6.45, 7) is 5.68. The summed E-state index contributed by atoms with van der Waals surface area (Å²) in [5.74, 6) is 0. The van der Waals surface area contributed by atoms with Gasteiger partial charge in [-0.25, -0.2) is 0 Å². The molecule has 0 aliphatic carbocycles. The van der Waals surface area contributed by atoms with Crippen molar-refractivity contribution in [3.05, 3.63) is 0 Å². The van der Waals surface area contributed by atoms with E-state index in [4.69, 9.17) is 20.9 Å². The number of hydrogen-bond donors (Lipinski definition) is 4. The van der Waals surface area contributed by atoms with E-state index in [9.17, 15) is 10.2 Å². The van der Waals surface area contributed by atoms with E-state index in [1.165, 1.54) is 0 Å². The Bertz CT molecular complexity index is 229. The highest BCUT2D eigenvalue weighted by Gasteiger charge is 2.43. The third-order valence-corrected chi connectivity index (χ3v) is 2.45. The van der Waals surface area contributed by atoms with Crippen molar-refractivity contribution in [2.45, 2.75) is 57.0 Å². The molecule has 16 heavy (non-hydrogen) atoms. The monoisotopic (exact) mass is 234 g/mol. The summed E-state index contributed by atoms with van der Waals surface area (Å²) in [7, 11) is 0. The molecule has 6 nitrogen and oxygen atoms in total. The molecule has 1 aliphatic heterocycles. The molecular formula is C10H22N2O4. The summed E-state index contributed by atoms with van der Waals surface area (Å²) in [5.41, 5.74) is 10.7. The van der Waals surface area contributed by atoms with Gasteiger partial charge < -0.3 is 31.2 Å². The average Bonchev–Trinajstić information content (AvgIpc) is 2.17. The van der Waals surface area contributed by atoms with Gasteiger partial charge in [-0.15, -0.1) is 0 Å². The van der Waals surface area contributed by atoms with Crippen LogP contribution in [-0.4, -0.2) is 53.0 Å². The van der Waals surface area contributed by atoms with E-state index in [0.717, 1.165) is 0 Å². The van der Waals surface area contributed by atoms with Crippen LogP contribution < -0.4 is 11.5 Å². The van der Waals surface area contributed by atoms with Gasteiger partial charge in [0.1, 0.15) is 18.3 Å². The molecule has 0 saturated carbocycles. The molecule has 0 bridgehead atoms. The number of aliphatic hydroxyl groups excluding tert-OH is 2. The van der Waals surface area contributed by atoms with Gasteiger partial charge in [-0.05, 0) is 20.8 Å². The first-order chi connectivity index (χ1) is 7.26. The van der Waals surface area contributed by atoms with Gasteiger partial charge in [0.2, 0.25) is 0 Å². The lowest BCUT2D eigenvalue weighted by Crippen LogP contribution is -2.64. The maximum absolute atomic E-state index is 9.72. The topological polar surface area (TPSA) is 111 Å². The first-order valence-electron chi connectivity index (χ1n) is 5.41. The van der Waals surface area contributed by atoms with Crippen LogP contribution in [0.1, 0.15) is 20.8 Å². The Morgan fingerprint density at radius 3 is 2.25 bits per heavy atom. The zero-order valence-corrected chi connectivity index (χ0v) is 9.96. The Morgan fingerprint density at radius 2 is 1.81 bits per heavy atom. The zero-order valence-electron chi connectivity index (χ0n) is 9.96. The van der Waals surface area contributed by atoms with Crippen LogP contribution in [0.2, 0.25) is 0 Å². The van der Waals surface area contributed by atoms with Crippen molar-refractivity contribution in [1.82, 2.24) is 0 Å². The van der Waals surface area contributed by atoms with Gasteiger partial charge in [0.15, 0.2) is 6.29 Å². The smallest absolute Gasteiger partial charge is 0.176 e. The Balaban J connectivity index is 2.71. The van der Waals surface area contributed by atoms with Gasteiger partial charge in [-0.1, -0.05) is 0 Å². The molecule has 1 saturated heterocycles. The minimum atomic E-state index is -1.09. The van der Waals surface area contributed by atoms with E-state index >= 15 is 0 Å². The average molecular weight is 234 g/mol. The van der Waals surface area contributed by atoms with Gasteiger partial charge >= 0.3 is 0 Å². The highest BCUT2D eigenvalue weighted by molar-refractivity contribution is 4.92. The van der Waals surface area contributed by atoms with Crippen molar-refractivity contribution in [3.63, 3.8) is 0 Å². The van der Waals surface area contributed by atoms with E-state index in [2.05, 4.69) is 0 Å². The first-order valence-corrected chi connectivity index (χ1v) is 5.41. The number of aliphatic hydroxyl groups is 2. The second kappa shape index (κ2) is 4.95. The summed E-state index contributed by atoms with van der Waals surface area (Å²) < 4.78 is 11.0. The maximum atomic E-state index is 9.72. The summed E-state index contributed by atoms with van der Waals surface area (Å²) in [5, 5.41) is 19.4. The molecule has 0 aromatic carbocycles. The SMILES string of the molecule is CC(C)(C)OC1OC(CN)C(O)C(O)C1N. The zero-order chi connectivity index (χ0) is 12.5. The van der Waals surface area contributed by atoms with Crippen molar-refractivity contribution in [2.75, 3.05) is 6.54 Å². The van der Waals surface area contributed by atoms with Crippen molar-refractivity contribution in [1.29, 1.82) is 0 Å². The van der Waals surface area contributed by atoms with Crippen molar-refractivity contribution >= 4 is 0 Å². The van der Waals surface area contributed by atoms with Crippen LogP contribution in [0.3, 0.4) is 0 Å². The fourth-order valence-corrected chi connectivity index (χ4v) is 1.60. The minimum absolute atomic E-state index is 0.106. The number of rotatable bonds is 2. The van der Waals surface area contributed by atoms with Crippen LogP contribution in [0.25, 0.3) is 0 Å². The lowest BCUT2D eigenvalue weighted by atomic mass is 9.97. The molecule has 6 N–H and O–H groups in total. The molecule has 5 unspecified atom stereocenters. The van der Waals surface area contributed by atoms with Crippen LogP contribution in [0.4, 0.5) is 0 Å². The molecular weight excluding hydrogens is 212 g/mol. The Kier molecular flexibility index (Phi) is 4.28. The van der Waals surface area contributed by atoms with E-state index in [1.807, 2.05) is 20.8 Å². The lowest BCUT2D eigenvalue weighted by Gasteiger charge is -2.42. The lowest BCUT2D eigenvalue weighted by molar-refractivity contribution is -0.282. The largest absolute Gasteiger partial charge is 0.388 e. The molecule has 0 aromatic heterocycles. The second-order valence-electron chi connectivity index (χ2n) is 5.07. The molecule has 0 aromatic rings. The fourth-order valence-electron chi connectivity index (χ4n) is 1.60. The minimum Gasteiger partial charge on any atom is -0.388 e. The van der Waals surface area contributed by atoms with Crippen molar-refractivity contribution in [2.24, 2.45) is 11.5 Å². The summed E-state index contributed by atoms with van der Waals surface area (Å²) >= 11 is 0. The van der Waals surface area contributed by atoms with Gasteiger partial charge in [0.25, 0.3) is 0 Å². The predicted octanol–water partition coefficient (Wildman–Crippen LogP) is -1.47. The van der Waals surface area contributed by atoms with Crippen LogP contribution in [0, 0.1) is 0 Å². The number of ether oxygens (including phenoxy) is 2. The highest BCUT2D eigenvalue weighted by atomic mass is 16.7. The van der Waals surface area contributed by atoms with E-state index in [-0.39, 0.29) is 6.54 Å². The van der Waals surface area contributed by atoms with Crippen LogP contribution in [-0.2, 0) is 9.47 Å². The summed E-state index contributed by atoms with van der Waals surface area (Å²) in [4.78, 5) is 0. The van der Waals surface area contributed by atoms with Crippen LogP contribution in [0.15, 0.2) is 0 Å². The molecule has 0 amide bonds. The quantitative estimate of drug-likeness (QED) is 0.464. The van der Waals surface area contributed by atoms with Crippen molar-refractivity contribution < 1.29 is 19.7 Å². The van der Waals surface area contributed by atoms with Gasteiger partial charge in [0.05, 0.1) is 11.6 Å². The molecule has 6 heteroatoms. The Labute approximate surface area is 95.5 Å². The number of nitrogens with two attached hydrogens (primary N) is 2. The third-order valence-electron chi connectivity index (χ3n) is 2.45.